The lowest BCUT2D eigenvalue weighted by Gasteiger charge is -2.11. The van der Waals surface area contributed by atoms with Crippen molar-refractivity contribution in [3.05, 3.63) is 12.7 Å². The highest BCUT2D eigenvalue weighted by atomic mass is 16.2. The first kappa shape index (κ1) is 9.97. The van der Waals surface area contributed by atoms with Gasteiger partial charge in [-0.2, -0.15) is 0 Å². The highest BCUT2D eigenvalue weighted by molar-refractivity contribution is 5.73. The Morgan fingerprint density at radius 3 is 2.91 bits per heavy atom. The summed E-state index contributed by atoms with van der Waals surface area (Å²) in [7, 11) is 0. The molecule has 0 aliphatic heterocycles. The third kappa shape index (κ3) is 5.42. The zero-order chi connectivity index (χ0) is 8.69. The molecule has 4 nitrogen and oxygen atoms in total. The molecule has 64 valence electrons. The molecule has 0 saturated carbocycles. The number of amides is 2. The average molecular weight is 157 g/mol. The molecule has 0 fully saturated rings. The molecule has 0 unspecified atom stereocenters. The van der Waals surface area contributed by atoms with Crippen molar-refractivity contribution in [1.29, 1.82) is 0 Å². The minimum absolute atomic E-state index is 0.136. The van der Waals surface area contributed by atoms with Crippen molar-refractivity contribution >= 4 is 6.03 Å². The summed E-state index contributed by atoms with van der Waals surface area (Å²) >= 11 is 0. The average Bonchev–Trinajstić information content (AvgIpc) is 2.00. The molecule has 0 aromatic rings. The monoisotopic (exact) mass is 157 g/mol. The molecule has 0 aliphatic rings. The van der Waals surface area contributed by atoms with Gasteiger partial charge < -0.3 is 5.32 Å². The first-order valence-corrected chi connectivity index (χ1v) is 3.58. The molecule has 4 N–H and O–H groups in total. The van der Waals surface area contributed by atoms with Crippen LogP contribution in [-0.4, -0.2) is 12.1 Å². The smallest absolute Gasteiger partial charge is 0.329 e. The fourth-order valence-corrected chi connectivity index (χ4v) is 0.705. The zero-order valence-corrected chi connectivity index (χ0v) is 6.76. The Morgan fingerprint density at radius 1 is 1.82 bits per heavy atom. The maximum atomic E-state index is 10.6. The molecule has 0 aliphatic carbocycles. The van der Waals surface area contributed by atoms with E-state index in [0.717, 1.165) is 12.8 Å². The normalized spacial score (nSPS) is 11.8. The Kier molecular flexibility index (Phi) is 5.20. The lowest BCUT2D eigenvalue weighted by atomic mass is 10.2. The second kappa shape index (κ2) is 5.73. The van der Waals surface area contributed by atoms with Crippen molar-refractivity contribution in [3.8, 4) is 0 Å². The van der Waals surface area contributed by atoms with Gasteiger partial charge in [-0.25, -0.2) is 10.6 Å². The molecular weight excluding hydrogens is 142 g/mol. The number of carbonyl (C=O) groups is 1. The SMILES string of the molecule is C=CCC[C@H](C)NC(=O)NN. The second-order valence-corrected chi connectivity index (χ2v) is 2.38. The van der Waals surface area contributed by atoms with Crippen LogP contribution in [0.15, 0.2) is 12.7 Å². The number of carbonyl (C=O) groups excluding carboxylic acids is 1. The third-order valence-electron chi connectivity index (χ3n) is 1.31. The van der Waals surface area contributed by atoms with Crippen LogP contribution in [0.5, 0.6) is 0 Å². The van der Waals surface area contributed by atoms with E-state index in [1.165, 1.54) is 0 Å². The van der Waals surface area contributed by atoms with Gasteiger partial charge in [-0.05, 0) is 19.8 Å². The van der Waals surface area contributed by atoms with E-state index in [1.54, 1.807) is 0 Å². The summed E-state index contributed by atoms with van der Waals surface area (Å²) in [4.78, 5) is 10.6. The van der Waals surface area contributed by atoms with E-state index in [4.69, 9.17) is 5.84 Å². The van der Waals surface area contributed by atoms with E-state index in [-0.39, 0.29) is 12.1 Å². The van der Waals surface area contributed by atoms with Crippen LogP contribution in [0, 0.1) is 0 Å². The highest BCUT2D eigenvalue weighted by Crippen LogP contribution is 1.95. The van der Waals surface area contributed by atoms with Crippen molar-refractivity contribution in [2.24, 2.45) is 5.84 Å². The summed E-state index contributed by atoms with van der Waals surface area (Å²) in [5, 5.41) is 2.64. The number of hydrogen-bond donors (Lipinski definition) is 3. The van der Waals surface area contributed by atoms with E-state index in [1.807, 2.05) is 18.4 Å². The van der Waals surface area contributed by atoms with Gasteiger partial charge in [-0.1, -0.05) is 6.08 Å². The summed E-state index contributed by atoms with van der Waals surface area (Å²) in [6.07, 6.45) is 3.60. The molecule has 2 amide bonds. The van der Waals surface area contributed by atoms with Crippen LogP contribution >= 0.6 is 0 Å². The van der Waals surface area contributed by atoms with E-state index in [9.17, 15) is 4.79 Å². The molecular formula is C7H15N3O. The minimum atomic E-state index is -0.346. The second-order valence-electron chi connectivity index (χ2n) is 2.38. The quantitative estimate of drug-likeness (QED) is 0.241. The molecule has 0 bridgehead atoms. The van der Waals surface area contributed by atoms with E-state index in [2.05, 4.69) is 11.9 Å². The lowest BCUT2D eigenvalue weighted by molar-refractivity contribution is 0.237. The third-order valence-corrected chi connectivity index (χ3v) is 1.31. The van der Waals surface area contributed by atoms with Gasteiger partial charge in [-0.15, -0.1) is 6.58 Å². The fourth-order valence-electron chi connectivity index (χ4n) is 0.705. The van der Waals surface area contributed by atoms with Crippen molar-refractivity contribution < 1.29 is 4.79 Å². The number of rotatable bonds is 4. The van der Waals surface area contributed by atoms with Gasteiger partial charge in [0.1, 0.15) is 0 Å². The Morgan fingerprint density at radius 2 is 2.45 bits per heavy atom. The Labute approximate surface area is 66.8 Å². The fraction of sp³-hybridized carbons (Fsp3) is 0.571. The van der Waals surface area contributed by atoms with Crippen LogP contribution in [0.3, 0.4) is 0 Å². The van der Waals surface area contributed by atoms with Crippen molar-refractivity contribution in [2.45, 2.75) is 25.8 Å². The van der Waals surface area contributed by atoms with Crippen molar-refractivity contribution in [1.82, 2.24) is 10.7 Å². The molecule has 0 aromatic heterocycles. The van der Waals surface area contributed by atoms with Gasteiger partial charge in [-0.3, -0.25) is 5.43 Å². The first-order chi connectivity index (χ1) is 5.20. The van der Waals surface area contributed by atoms with Gasteiger partial charge in [0.15, 0.2) is 0 Å². The van der Waals surface area contributed by atoms with Crippen LogP contribution in [0.2, 0.25) is 0 Å². The number of allylic oxidation sites excluding steroid dienone is 1. The number of hydrazine groups is 1. The summed E-state index contributed by atoms with van der Waals surface area (Å²) in [6, 6.07) is -0.210. The molecule has 0 saturated heterocycles. The standard InChI is InChI=1S/C7H15N3O/c1-3-4-5-6(2)9-7(11)10-8/h3,6H,1,4-5,8H2,2H3,(H2,9,10,11)/t6-/m0/s1. The van der Waals surface area contributed by atoms with Gasteiger partial charge in [0.05, 0.1) is 0 Å². The number of urea groups is 1. The van der Waals surface area contributed by atoms with Crippen LogP contribution in [-0.2, 0) is 0 Å². The number of nitrogens with two attached hydrogens (primary N) is 1. The minimum Gasteiger partial charge on any atom is -0.335 e. The van der Waals surface area contributed by atoms with E-state index < -0.39 is 0 Å². The number of hydrogen-bond acceptors (Lipinski definition) is 2. The van der Waals surface area contributed by atoms with Crippen molar-refractivity contribution in [2.75, 3.05) is 0 Å². The summed E-state index contributed by atoms with van der Waals surface area (Å²) in [5.74, 6) is 4.87. The first-order valence-electron chi connectivity index (χ1n) is 3.58. The lowest BCUT2D eigenvalue weighted by Crippen LogP contribution is -2.43. The largest absolute Gasteiger partial charge is 0.335 e. The molecule has 0 heterocycles. The molecule has 0 aromatic carbocycles. The van der Waals surface area contributed by atoms with Crippen LogP contribution < -0.4 is 16.6 Å². The van der Waals surface area contributed by atoms with Crippen LogP contribution in [0.4, 0.5) is 4.79 Å². The van der Waals surface area contributed by atoms with E-state index in [0.29, 0.717) is 0 Å². The van der Waals surface area contributed by atoms with Crippen LogP contribution in [0.25, 0.3) is 0 Å². The maximum Gasteiger partial charge on any atom is 0.329 e. The van der Waals surface area contributed by atoms with E-state index >= 15 is 0 Å². The predicted octanol–water partition coefficient (Wildman–Crippen LogP) is 0.514. The molecule has 1 atom stereocenters. The topological polar surface area (TPSA) is 67.2 Å². The zero-order valence-electron chi connectivity index (χ0n) is 6.76. The van der Waals surface area contributed by atoms with Crippen LogP contribution in [0.1, 0.15) is 19.8 Å². The Hall–Kier alpha value is -1.03. The molecule has 4 heteroatoms. The summed E-state index contributed by atoms with van der Waals surface area (Å²) in [6.45, 7) is 5.49. The molecule has 0 rings (SSSR count). The Bertz CT molecular complexity index is 136. The highest BCUT2D eigenvalue weighted by Gasteiger charge is 2.02. The van der Waals surface area contributed by atoms with Gasteiger partial charge in [0.25, 0.3) is 0 Å². The van der Waals surface area contributed by atoms with Gasteiger partial charge in [0, 0.05) is 6.04 Å². The Balaban J connectivity index is 3.42. The van der Waals surface area contributed by atoms with Crippen molar-refractivity contribution in [3.63, 3.8) is 0 Å². The maximum absolute atomic E-state index is 10.6. The van der Waals surface area contributed by atoms with Gasteiger partial charge in [0.2, 0.25) is 0 Å². The summed E-state index contributed by atoms with van der Waals surface area (Å²) < 4.78 is 0. The predicted molar refractivity (Wildman–Crippen MR) is 44.7 cm³/mol. The summed E-state index contributed by atoms with van der Waals surface area (Å²) in [5.41, 5.74) is 2.00. The molecule has 0 radical (unpaired) electrons. The van der Waals surface area contributed by atoms with Gasteiger partial charge >= 0.3 is 6.03 Å². The molecule has 0 spiro atoms. The number of nitrogens with one attached hydrogen (secondary N) is 2. The molecule has 11 heavy (non-hydrogen) atoms.